The van der Waals surface area contributed by atoms with Gasteiger partial charge in [0.15, 0.2) is 0 Å². The summed E-state index contributed by atoms with van der Waals surface area (Å²) in [5.41, 5.74) is 1.38. The van der Waals surface area contributed by atoms with Gasteiger partial charge in [0.1, 0.15) is 0 Å². The van der Waals surface area contributed by atoms with Gasteiger partial charge in [-0.2, -0.15) is 0 Å². The summed E-state index contributed by atoms with van der Waals surface area (Å²) in [5.74, 6) is 0. The molecule has 0 bridgehead atoms. The molecule has 2 fully saturated rings. The van der Waals surface area contributed by atoms with Gasteiger partial charge >= 0.3 is 0 Å². The molecular weight excluding hydrogens is 134 g/mol. The molecule has 0 aromatic heterocycles. The van der Waals surface area contributed by atoms with Crippen LogP contribution in [-0.4, -0.2) is 13.1 Å². The highest BCUT2D eigenvalue weighted by molar-refractivity contribution is 5.03. The van der Waals surface area contributed by atoms with Crippen LogP contribution in [0.4, 0.5) is 0 Å². The molecule has 1 heteroatoms. The second-order valence-electron chi connectivity index (χ2n) is 4.87. The molecule has 0 atom stereocenters. The van der Waals surface area contributed by atoms with Crippen molar-refractivity contribution >= 4 is 0 Å². The zero-order valence-corrected chi connectivity index (χ0v) is 7.74. The summed E-state index contributed by atoms with van der Waals surface area (Å²) in [4.78, 5) is 0. The van der Waals surface area contributed by atoms with Gasteiger partial charge in [0.25, 0.3) is 0 Å². The van der Waals surface area contributed by atoms with Crippen LogP contribution in [0.5, 0.6) is 0 Å². The number of hydrogen-bond donors (Lipinski definition) is 1. The SMILES string of the molecule is CC1(C2(C)CC2)CCNCC1. The Kier molecular flexibility index (Phi) is 1.54. The lowest BCUT2D eigenvalue weighted by Gasteiger charge is -2.40. The van der Waals surface area contributed by atoms with Gasteiger partial charge in [0.2, 0.25) is 0 Å². The fraction of sp³-hybridized carbons (Fsp3) is 1.00. The fourth-order valence-corrected chi connectivity index (χ4v) is 2.37. The van der Waals surface area contributed by atoms with Gasteiger partial charge < -0.3 is 5.32 Å². The summed E-state index contributed by atoms with van der Waals surface area (Å²) in [6.45, 7) is 7.44. The van der Waals surface area contributed by atoms with Crippen LogP contribution in [0.1, 0.15) is 39.5 Å². The minimum atomic E-state index is 0.665. The van der Waals surface area contributed by atoms with Crippen molar-refractivity contribution in [2.24, 2.45) is 10.8 Å². The van der Waals surface area contributed by atoms with E-state index in [9.17, 15) is 0 Å². The third kappa shape index (κ3) is 1.10. The van der Waals surface area contributed by atoms with Crippen LogP contribution in [0.15, 0.2) is 0 Å². The smallest absolute Gasteiger partial charge is 0.00435 e. The van der Waals surface area contributed by atoms with E-state index in [4.69, 9.17) is 0 Å². The lowest BCUT2D eigenvalue weighted by Crippen LogP contribution is -2.39. The van der Waals surface area contributed by atoms with Crippen LogP contribution in [0, 0.1) is 10.8 Å². The highest BCUT2D eigenvalue weighted by Gasteiger charge is 2.52. The zero-order chi connectivity index (χ0) is 7.95. The standard InChI is InChI=1S/C10H19N/c1-9(3-4-9)10(2)5-7-11-8-6-10/h11H,3-8H2,1-2H3. The Morgan fingerprint density at radius 3 is 1.73 bits per heavy atom. The fourth-order valence-electron chi connectivity index (χ4n) is 2.37. The molecule has 1 saturated carbocycles. The van der Waals surface area contributed by atoms with Crippen LogP contribution in [-0.2, 0) is 0 Å². The van der Waals surface area contributed by atoms with E-state index in [2.05, 4.69) is 19.2 Å². The van der Waals surface area contributed by atoms with Gasteiger partial charge in [-0.15, -0.1) is 0 Å². The van der Waals surface area contributed by atoms with Crippen LogP contribution < -0.4 is 5.32 Å². The van der Waals surface area contributed by atoms with Crippen molar-refractivity contribution in [3.05, 3.63) is 0 Å². The van der Waals surface area contributed by atoms with Crippen molar-refractivity contribution in [2.45, 2.75) is 39.5 Å². The van der Waals surface area contributed by atoms with Crippen LogP contribution in [0.2, 0.25) is 0 Å². The summed E-state index contributed by atoms with van der Waals surface area (Å²) < 4.78 is 0. The van der Waals surface area contributed by atoms with Gasteiger partial charge in [0, 0.05) is 0 Å². The molecule has 1 aliphatic carbocycles. The Morgan fingerprint density at radius 1 is 0.818 bits per heavy atom. The summed E-state index contributed by atoms with van der Waals surface area (Å²) in [6.07, 6.45) is 5.74. The lowest BCUT2D eigenvalue weighted by molar-refractivity contribution is 0.122. The second-order valence-corrected chi connectivity index (χ2v) is 4.87. The number of rotatable bonds is 1. The third-order valence-corrected chi connectivity index (χ3v) is 4.16. The Bertz CT molecular complexity index is 152. The predicted molar refractivity (Wildman–Crippen MR) is 47.6 cm³/mol. The topological polar surface area (TPSA) is 12.0 Å². The maximum absolute atomic E-state index is 3.44. The molecule has 0 aromatic rings. The van der Waals surface area contributed by atoms with E-state index in [0.717, 1.165) is 5.41 Å². The molecular formula is C10H19N. The molecule has 2 aliphatic rings. The van der Waals surface area contributed by atoms with Crippen molar-refractivity contribution in [1.29, 1.82) is 0 Å². The van der Waals surface area contributed by atoms with Crippen molar-refractivity contribution in [1.82, 2.24) is 5.32 Å². The van der Waals surface area contributed by atoms with Crippen LogP contribution in [0.3, 0.4) is 0 Å². The first-order chi connectivity index (χ1) is 5.16. The van der Waals surface area contributed by atoms with E-state index < -0.39 is 0 Å². The summed E-state index contributed by atoms with van der Waals surface area (Å²) in [5, 5.41) is 3.44. The molecule has 2 rings (SSSR count). The molecule has 1 aliphatic heterocycles. The van der Waals surface area contributed by atoms with Gasteiger partial charge in [0.05, 0.1) is 0 Å². The van der Waals surface area contributed by atoms with E-state index in [1.807, 2.05) is 0 Å². The van der Waals surface area contributed by atoms with Gasteiger partial charge in [-0.3, -0.25) is 0 Å². The largest absolute Gasteiger partial charge is 0.317 e. The Balaban J connectivity index is 2.07. The van der Waals surface area contributed by atoms with Gasteiger partial charge in [-0.1, -0.05) is 13.8 Å². The minimum absolute atomic E-state index is 0.665. The first-order valence-corrected chi connectivity index (χ1v) is 4.87. The number of nitrogens with one attached hydrogen (secondary N) is 1. The van der Waals surface area contributed by atoms with Crippen LogP contribution >= 0.6 is 0 Å². The highest BCUT2D eigenvalue weighted by Crippen LogP contribution is 2.61. The highest BCUT2D eigenvalue weighted by atomic mass is 14.9. The summed E-state index contributed by atoms with van der Waals surface area (Å²) >= 11 is 0. The first kappa shape index (κ1) is 7.60. The Hall–Kier alpha value is -0.0400. The van der Waals surface area contributed by atoms with Crippen molar-refractivity contribution in [3.8, 4) is 0 Å². The molecule has 1 saturated heterocycles. The molecule has 64 valence electrons. The maximum Gasteiger partial charge on any atom is -0.00435 e. The van der Waals surface area contributed by atoms with E-state index >= 15 is 0 Å². The van der Waals surface area contributed by atoms with Crippen molar-refractivity contribution in [2.75, 3.05) is 13.1 Å². The van der Waals surface area contributed by atoms with E-state index in [0.29, 0.717) is 5.41 Å². The molecule has 1 heterocycles. The Labute approximate surface area is 69.6 Å². The van der Waals surface area contributed by atoms with E-state index in [-0.39, 0.29) is 0 Å². The minimum Gasteiger partial charge on any atom is -0.317 e. The second kappa shape index (κ2) is 2.22. The number of piperidine rings is 1. The van der Waals surface area contributed by atoms with Crippen molar-refractivity contribution in [3.63, 3.8) is 0 Å². The average Bonchev–Trinajstić information content (AvgIpc) is 2.71. The normalized spacial score (nSPS) is 33.3. The summed E-state index contributed by atoms with van der Waals surface area (Å²) in [7, 11) is 0. The van der Waals surface area contributed by atoms with E-state index in [1.54, 1.807) is 0 Å². The predicted octanol–water partition coefficient (Wildman–Crippen LogP) is 2.18. The maximum atomic E-state index is 3.44. The molecule has 0 radical (unpaired) electrons. The van der Waals surface area contributed by atoms with Crippen LogP contribution in [0.25, 0.3) is 0 Å². The van der Waals surface area contributed by atoms with E-state index in [1.165, 1.54) is 38.8 Å². The first-order valence-electron chi connectivity index (χ1n) is 4.87. The quantitative estimate of drug-likeness (QED) is 0.609. The third-order valence-electron chi connectivity index (χ3n) is 4.16. The van der Waals surface area contributed by atoms with Gasteiger partial charge in [-0.05, 0) is 49.6 Å². The molecule has 11 heavy (non-hydrogen) atoms. The average molecular weight is 153 g/mol. The monoisotopic (exact) mass is 153 g/mol. The molecule has 0 unspecified atom stereocenters. The summed E-state index contributed by atoms with van der Waals surface area (Å²) in [6, 6.07) is 0. The zero-order valence-electron chi connectivity index (χ0n) is 7.74. The molecule has 1 N–H and O–H groups in total. The Morgan fingerprint density at radius 2 is 1.27 bits per heavy atom. The molecule has 1 nitrogen and oxygen atoms in total. The number of hydrogen-bond acceptors (Lipinski definition) is 1. The molecule has 0 spiro atoms. The lowest BCUT2D eigenvalue weighted by atomic mass is 9.69. The molecule has 0 amide bonds. The molecule has 0 aromatic carbocycles. The van der Waals surface area contributed by atoms with Gasteiger partial charge in [-0.25, -0.2) is 0 Å². The van der Waals surface area contributed by atoms with Crippen molar-refractivity contribution < 1.29 is 0 Å².